The summed E-state index contributed by atoms with van der Waals surface area (Å²) >= 11 is 0. The van der Waals surface area contributed by atoms with Crippen molar-refractivity contribution in [1.29, 1.82) is 5.26 Å². The van der Waals surface area contributed by atoms with Crippen LogP contribution in [-0.4, -0.2) is 5.91 Å². The van der Waals surface area contributed by atoms with E-state index in [1.807, 2.05) is 25.1 Å². The fourth-order valence-corrected chi connectivity index (χ4v) is 1.78. The molecule has 0 aromatic heterocycles. The quantitative estimate of drug-likeness (QED) is 0.668. The van der Waals surface area contributed by atoms with Crippen LogP contribution in [0, 0.1) is 18.3 Å². The number of carbonyl (C=O) groups excluding carboxylic acids is 1. The van der Waals surface area contributed by atoms with Crippen LogP contribution in [0.1, 0.15) is 16.7 Å². The van der Waals surface area contributed by atoms with Crippen LogP contribution in [0.4, 0.5) is 11.4 Å². The largest absolute Gasteiger partial charge is 0.399 e. The second kappa shape index (κ2) is 6.40. The van der Waals surface area contributed by atoms with Gasteiger partial charge < -0.3 is 11.1 Å². The van der Waals surface area contributed by atoms with E-state index >= 15 is 0 Å². The highest BCUT2D eigenvalue weighted by Gasteiger charge is 2.03. The number of anilines is 2. The Morgan fingerprint density at radius 1 is 1.24 bits per heavy atom. The van der Waals surface area contributed by atoms with E-state index in [4.69, 9.17) is 11.0 Å². The first kappa shape index (κ1) is 14.4. The Labute approximate surface area is 123 Å². The zero-order valence-electron chi connectivity index (χ0n) is 11.6. The summed E-state index contributed by atoms with van der Waals surface area (Å²) in [6.07, 6.45) is 3.16. The van der Waals surface area contributed by atoms with E-state index in [0.29, 0.717) is 16.9 Å². The maximum Gasteiger partial charge on any atom is 0.248 e. The van der Waals surface area contributed by atoms with E-state index in [-0.39, 0.29) is 5.91 Å². The van der Waals surface area contributed by atoms with Gasteiger partial charge in [0.2, 0.25) is 5.91 Å². The molecule has 0 saturated carbocycles. The van der Waals surface area contributed by atoms with Crippen LogP contribution < -0.4 is 11.1 Å². The van der Waals surface area contributed by atoms with Gasteiger partial charge in [-0.1, -0.05) is 18.2 Å². The molecule has 3 N–H and O–H groups in total. The lowest BCUT2D eigenvalue weighted by Gasteiger charge is -2.06. The molecule has 2 aromatic rings. The van der Waals surface area contributed by atoms with Gasteiger partial charge in [0, 0.05) is 17.5 Å². The van der Waals surface area contributed by atoms with Crippen molar-refractivity contribution in [3.63, 3.8) is 0 Å². The highest BCUT2D eigenvalue weighted by molar-refractivity contribution is 6.02. The fourth-order valence-electron chi connectivity index (χ4n) is 1.78. The molecule has 0 aliphatic rings. The summed E-state index contributed by atoms with van der Waals surface area (Å²) in [6.45, 7) is 1.88. The highest BCUT2D eigenvalue weighted by Crippen LogP contribution is 2.16. The van der Waals surface area contributed by atoms with E-state index in [2.05, 4.69) is 5.32 Å². The predicted octanol–water partition coefficient (Wildman–Crippen LogP) is 3.10. The molecule has 0 aliphatic heterocycles. The van der Waals surface area contributed by atoms with Crippen LogP contribution in [-0.2, 0) is 4.79 Å². The van der Waals surface area contributed by atoms with Gasteiger partial charge >= 0.3 is 0 Å². The lowest BCUT2D eigenvalue weighted by atomic mass is 10.1. The molecule has 0 fully saturated rings. The SMILES string of the molecule is Cc1ccc(C#N)cc1NC(=O)/C=C/c1ccc(N)cc1. The number of nitrogen functional groups attached to an aromatic ring is 1. The topological polar surface area (TPSA) is 78.9 Å². The van der Waals surface area contributed by atoms with Crippen molar-refractivity contribution < 1.29 is 4.79 Å². The third kappa shape index (κ3) is 3.95. The van der Waals surface area contributed by atoms with Crippen LogP contribution in [0.2, 0.25) is 0 Å². The van der Waals surface area contributed by atoms with Crippen molar-refractivity contribution >= 4 is 23.4 Å². The zero-order chi connectivity index (χ0) is 15.2. The molecule has 0 spiro atoms. The summed E-state index contributed by atoms with van der Waals surface area (Å²) < 4.78 is 0. The molecule has 4 heteroatoms. The third-order valence-corrected chi connectivity index (χ3v) is 2.99. The van der Waals surface area contributed by atoms with E-state index < -0.39 is 0 Å². The summed E-state index contributed by atoms with van der Waals surface area (Å²) in [5.41, 5.74) is 9.23. The number of nitrogens with zero attached hydrogens (tertiary/aromatic N) is 1. The van der Waals surface area contributed by atoms with E-state index in [9.17, 15) is 4.79 Å². The molecule has 0 heterocycles. The minimum Gasteiger partial charge on any atom is -0.399 e. The average Bonchev–Trinajstić information content (AvgIpc) is 2.49. The lowest BCUT2D eigenvalue weighted by molar-refractivity contribution is -0.111. The Morgan fingerprint density at radius 2 is 1.95 bits per heavy atom. The van der Waals surface area contributed by atoms with Gasteiger partial charge in [-0.15, -0.1) is 0 Å². The van der Waals surface area contributed by atoms with Crippen molar-refractivity contribution in [2.24, 2.45) is 0 Å². The monoisotopic (exact) mass is 277 g/mol. The number of nitriles is 1. The lowest BCUT2D eigenvalue weighted by Crippen LogP contribution is -2.09. The molecular weight excluding hydrogens is 262 g/mol. The van der Waals surface area contributed by atoms with Crippen LogP contribution >= 0.6 is 0 Å². The van der Waals surface area contributed by atoms with Gasteiger partial charge in [-0.05, 0) is 48.4 Å². The number of nitrogens with one attached hydrogen (secondary N) is 1. The number of nitrogens with two attached hydrogens (primary N) is 1. The summed E-state index contributed by atoms with van der Waals surface area (Å²) in [5, 5.41) is 11.6. The number of amides is 1. The molecule has 0 unspecified atom stereocenters. The average molecular weight is 277 g/mol. The normalized spacial score (nSPS) is 10.3. The van der Waals surface area contributed by atoms with Crippen molar-refractivity contribution in [1.82, 2.24) is 0 Å². The Balaban J connectivity index is 2.08. The Kier molecular flexibility index (Phi) is 4.37. The molecule has 2 aromatic carbocycles. The number of benzene rings is 2. The van der Waals surface area contributed by atoms with Gasteiger partial charge in [0.05, 0.1) is 11.6 Å². The first-order valence-electron chi connectivity index (χ1n) is 6.44. The number of hydrogen-bond acceptors (Lipinski definition) is 3. The number of aryl methyl sites for hydroxylation is 1. The van der Waals surface area contributed by atoms with E-state index in [1.165, 1.54) is 6.08 Å². The van der Waals surface area contributed by atoms with E-state index in [0.717, 1.165) is 11.1 Å². The highest BCUT2D eigenvalue weighted by atomic mass is 16.1. The van der Waals surface area contributed by atoms with Crippen LogP contribution in [0.15, 0.2) is 48.5 Å². The Morgan fingerprint density at radius 3 is 2.62 bits per heavy atom. The van der Waals surface area contributed by atoms with Gasteiger partial charge in [-0.3, -0.25) is 4.79 Å². The number of hydrogen-bond donors (Lipinski definition) is 2. The van der Waals surface area contributed by atoms with Gasteiger partial charge in [0.15, 0.2) is 0 Å². The van der Waals surface area contributed by atoms with Gasteiger partial charge in [-0.2, -0.15) is 5.26 Å². The second-order valence-corrected chi connectivity index (χ2v) is 4.63. The summed E-state index contributed by atoms with van der Waals surface area (Å²) in [6, 6.07) is 14.4. The standard InChI is InChI=1S/C17H15N3O/c1-12-2-3-14(11-18)10-16(12)20-17(21)9-6-13-4-7-15(19)8-5-13/h2-10H,19H2,1H3,(H,20,21)/b9-6+. The predicted molar refractivity (Wildman–Crippen MR) is 84.4 cm³/mol. The van der Waals surface area contributed by atoms with Crippen molar-refractivity contribution in [3.8, 4) is 6.07 Å². The van der Waals surface area contributed by atoms with E-state index in [1.54, 1.807) is 36.4 Å². The second-order valence-electron chi connectivity index (χ2n) is 4.63. The molecule has 0 saturated heterocycles. The first-order valence-corrected chi connectivity index (χ1v) is 6.44. The van der Waals surface area contributed by atoms with Gasteiger partial charge in [0.1, 0.15) is 0 Å². The molecule has 0 atom stereocenters. The molecule has 0 bridgehead atoms. The Hall–Kier alpha value is -3.06. The molecule has 1 amide bonds. The zero-order valence-corrected chi connectivity index (χ0v) is 11.6. The summed E-state index contributed by atoms with van der Waals surface area (Å²) in [4.78, 5) is 11.9. The first-order chi connectivity index (χ1) is 10.1. The summed E-state index contributed by atoms with van der Waals surface area (Å²) in [7, 11) is 0. The molecule has 0 aliphatic carbocycles. The van der Waals surface area contributed by atoms with Crippen LogP contribution in [0.3, 0.4) is 0 Å². The molecule has 104 valence electrons. The molecule has 21 heavy (non-hydrogen) atoms. The number of carbonyl (C=O) groups is 1. The Bertz CT molecular complexity index is 725. The fraction of sp³-hybridized carbons (Fsp3) is 0.0588. The maximum atomic E-state index is 11.9. The van der Waals surface area contributed by atoms with Gasteiger partial charge in [0.25, 0.3) is 0 Å². The molecular formula is C17H15N3O. The third-order valence-electron chi connectivity index (χ3n) is 2.99. The maximum absolute atomic E-state index is 11.9. The van der Waals surface area contributed by atoms with Crippen molar-refractivity contribution in [3.05, 3.63) is 65.2 Å². The number of rotatable bonds is 3. The molecule has 2 rings (SSSR count). The minimum absolute atomic E-state index is 0.245. The molecule has 0 radical (unpaired) electrons. The molecule has 4 nitrogen and oxygen atoms in total. The summed E-state index contributed by atoms with van der Waals surface area (Å²) in [5.74, 6) is -0.245. The van der Waals surface area contributed by atoms with Crippen molar-refractivity contribution in [2.45, 2.75) is 6.92 Å². The smallest absolute Gasteiger partial charge is 0.248 e. The van der Waals surface area contributed by atoms with Crippen LogP contribution in [0.25, 0.3) is 6.08 Å². The van der Waals surface area contributed by atoms with Crippen molar-refractivity contribution in [2.75, 3.05) is 11.1 Å². The van der Waals surface area contributed by atoms with Crippen LogP contribution in [0.5, 0.6) is 0 Å². The van der Waals surface area contributed by atoms with Gasteiger partial charge in [-0.25, -0.2) is 0 Å². The minimum atomic E-state index is -0.245.